The van der Waals surface area contributed by atoms with Gasteiger partial charge in [-0.3, -0.25) is 0 Å². The fourth-order valence-corrected chi connectivity index (χ4v) is 4.54. The zero-order chi connectivity index (χ0) is 21.3. The quantitative estimate of drug-likeness (QED) is 0.344. The van der Waals surface area contributed by atoms with Crippen LogP contribution in [0.25, 0.3) is 15.8 Å². The van der Waals surface area contributed by atoms with Crippen molar-refractivity contribution in [2.45, 2.75) is 4.90 Å². The third-order valence-electron chi connectivity index (χ3n) is 4.06. The fraction of sp³-hybridized carbons (Fsp3) is 0. The van der Waals surface area contributed by atoms with Crippen molar-refractivity contribution in [1.82, 2.24) is 9.97 Å². The van der Waals surface area contributed by atoms with Crippen LogP contribution in [0.3, 0.4) is 0 Å². The summed E-state index contributed by atoms with van der Waals surface area (Å²) in [6, 6.07) is 18.1. The third-order valence-corrected chi connectivity index (χ3v) is 6.37. The van der Waals surface area contributed by atoms with Crippen molar-refractivity contribution in [3.05, 3.63) is 86.5 Å². The van der Waals surface area contributed by atoms with Crippen molar-refractivity contribution in [3.63, 3.8) is 0 Å². The maximum atomic E-state index is 13.0. The molecular weight excluding hydrogens is 467 g/mol. The summed E-state index contributed by atoms with van der Waals surface area (Å²) in [6.07, 6.45) is 0. The Morgan fingerprint density at radius 2 is 1.47 bits per heavy atom. The topological polar surface area (TPSA) is 86.1 Å². The minimum Gasteiger partial charge on any atom is -0.431 e. The molecule has 4 rings (SSSR count). The molecule has 0 fully saturated rings. The molecule has 3 aromatic carbocycles. The van der Waals surface area contributed by atoms with Crippen LogP contribution in [0.1, 0.15) is 0 Å². The first kappa shape index (κ1) is 20.7. The molecule has 0 aliphatic rings. The van der Waals surface area contributed by atoms with Crippen molar-refractivity contribution < 1.29 is 8.42 Å². The highest BCUT2D eigenvalue weighted by Crippen LogP contribution is 2.38. The summed E-state index contributed by atoms with van der Waals surface area (Å²) in [5, 5.41) is 3.65. The number of aromatic nitrogens is 2. The highest BCUT2D eigenvalue weighted by Gasteiger charge is 2.17. The van der Waals surface area contributed by atoms with Crippen molar-refractivity contribution in [3.8, 4) is 0 Å². The number of nitrogens with one attached hydrogen (secondary N) is 1. The minimum atomic E-state index is -4.23. The fourth-order valence-electron chi connectivity index (χ4n) is 2.67. The van der Waals surface area contributed by atoms with E-state index < -0.39 is 10.0 Å². The highest BCUT2D eigenvalue weighted by molar-refractivity contribution is 7.94. The zero-order valence-electron chi connectivity index (χ0n) is 15.1. The first-order valence-electron chi connectivity index (χ1n) is 8.55. The van der Waals surface area contributed by atoms with Gasteiger partial charge in [0.2, 0.25) is 10.0 Å². The molecule has 0 radical (unpaired) electrons. The SMILES string of the molecule is O=S(=O)([N-]c1nc2ccccc2nc1Nc1ccccc1Cl)c1cc(Cl)ccc1Cl. The van der Waals surface area contributed by atoms with Crippen LogP contribution in [0.15, 0.2) is 71.6 Å². The molecule has 0 spiro atoms. The number of hydrogen-bond donors (Lipinski definition) is 1. The molecule has 0 aliphatic carbocycles. The van der Waals surface area contributed by atoms with Crippen LogP contribution in [-0.2, 0) is 10.0 Å². The van der Waals surface area contributed by atoms with Gasteiger partial charge in [-0.05, 0) is 47.7 Å². The monoisotopic (exact) mass is 477 g/mol. The van der Waals surface area contributed by atoms with Crippen LogP contribution in [0.2, 0.25) is 15.1 Å². The number of para-hydroxylation sites is 3. The second-order valence-corrected chi connectivity index (χ2v) is 8.95. The molecule has 30 heavy (non-hydrogen) atoms. The van der Waals surface area contributed by atoms with E-state index in [1.807, 2.05) is 0 Å². The predicted octanol–water partition coefficient (Wildman–Crippen LogP) is 6.73. The van der Waals surface area contributed by atoms with Crippen molar-refractivity contribution in [2.24, 2.45) is 0 Å². The number of nitrogens with zero attached hydrogens (tertiary/aromatic N) is 3. The zero-order valence-corrected chi connectivity index (χ0v) is 18.1. The van der Waals surface area contributed by atoms with Crippen molar-refractivity contribution in [2.75, 3.05) is 5.32 Å². The molecule has 1 aromatic heterocycles. The minimum absolute atomic E-state index is 0.00230. The second kappa shape index (κ2) is 8.28. The van der Waals surface area contributed by atoms with Crippen LogP contribution in [0.4, 0.5) is 17.3 Å². The predicted molar refractivity (Wildman–Crippen MR) is 121 cm³/mol. The summed E-state index contributed by atoms with van der Waals surface area (Å²) in [5.41, 5.74) is 1.57. The Kier molecular flexibility index (Phi) is 5.71. The molecule has 0 saturated heterocycles. The van der Waals surface area contributed by atoms with E-state index in [9.17, 15) is 8.42 Å². The van der Waals surface area contributed by atoms with E-state index in [-0.39, 0.29) is 26.6 Å². The van der Waals surface area contributed by atoms with E-state index in [1.54, 1.807) is 48.5 Å². The smallest absolute Gasteiger partial charge is 0.204 e. The molecule has 10 heteroatoms. The van der Waals surface area contributed by atoms with Gasteiger partial charge in [-0.2, -0.15) is 0 Å². The molecule has 1 heterocycles. The van der Waals surface area contributed by atoms with Crippen LogP contribution >= 0.6 is 34.8 Å². The molecule has 0 unspecified atom stereocenters. The Morgan fingerprint density at radius 1 is 0.800 bits per heavy atom. The normalized spacial score (nSPS) is 11.4. The lowest BCUT2D eigenvalue weighted by molar-refractivity contribution is 0.603. The number of hydrogen-bond acceptors (Lipinski definition) is 5. The molecule has 0 aliphatic heterocycles. The van der Waals surface area contributed by atoms with Gasteiger partial charge in [0.05, 0.1) is 26.1 Å². The van der Waals surface area contributed by atoms with Gasteiger partial charge >= 0.3 is 0 Å². The van der Waals surface area contributed by atoms with Gasteiger partial charge in [-0.1, -0.05) is 65.1 Å². The number of anilines is 2. The van der Waals surface area contributed by atoms with E-state index >= 15 is 0 Å². The number of fused-ring (bicyclic) bond motifs is 1. The summed E-state index contributed by atoms with van der Waals surface area (Å²) in [6.45, 7) is 0. The number of halogens is 3. The van der Waals surface area contributed by atoms with Crippen molar-refractivity contribution in [1.29, 1.82) is 0 Å². The van der Waals surface area contributed by atoms with Gasteiger partial charge in [-0.15, -0.1) is 0 Å². The lowest BCUT2D eigenvalue weighted by Crippen LogP contribution is -2.03. The molecule has 0 bridgehead atoms. The number of sulfonamides is 1. The Morgan fingerprint density at radius 3 is 2.20 bits per heavy atom. The summed E-state index contributed by atoms with van der Waals surface area (Å²) in [4.78, 5) is 8.63. The standard InChI is InChI=1S/C20H12Cl3N4O2S/c21-12-9-10-14(23)18(11-12)30(28,29)27-20-19(24-15-6-2-1-5-13(15)22)25-16-7-3-4-8-17(16)26-20/h1-11H,(H-,24,25,26,27)/q-1. The van der Waals surface area contributed by atoms with Gasteiger partial charge in [0.1, 0.15) is 5.82 Å². The summed E-state index contributed by atoms with van der Waals surface area (Å²) >= 11 is 18.2. The highest BCUT2D eigenvalue weighted by atomic mass is 35.5. The maximum absolute atomic E-state index is 13.0. The second-order valence-electron chi connectivity index (χ2n) is 6.13. The Balaban J connectivity index is 1.82. The summed E-state index contributed by atoms with van der Waals surface area (Å²) in [5.74, 6) is -0.00631. The van der Waals surface area contributed by atoms with Gasteiger partial charge in [0.25, 0.3) is 0 Å². The number of benzene rings is 3. The Labute approximate surface area is 187 Å². The Bertz CT molecular complexity index is 1360. The largest absolute Gasteiger partial charge is 0.431 e. The van der Waals surface area contributed by atoms with E-state index in [1.165, 1.54) is 18.2 Å². The molecule has 0 atom stereocenters. The van der Waals surface area contributed by atoms with E-state index in [2.05, 4.69) is 20.0 Å². The average Bonchev–Trinajstić information content (AvgIpc) is 2.71. The van der Waals surface area contributed by atoms with Gasteiger partial charge in [0, 0.05) is 5.02 Å². The molecule has 0 saturated carbocycles. The molecule has 1 N–H and O–H groups in total. The van der Waals surface area contributed by atoms with E-state index in [0.717, 1.165) is 0 Å². The molecule has 152 valence electrons. The summed E-state index contributed by atoms with van der Waals surface area (Å²) in [7, 11) is -4.23. The first-order chi connectivity index (χ1) is 14.3. The van der Waals surface area contributed by atoms with E-state index in [0.29, 0.717) is 21.7 Å². The Hall–Kier alpha value is -2.58. The van der Waals surface area contributed by atoms with Gasteiger partial charge in [-0.25, -0.2) is 13.4 Å². The molecule has 6 nitrogen and oxygen atoms in total. The van der Waals surface area contributed by atoms with Crippen LogP contribution < -0.4 is 5.32 Å². The number of rotatable bonds is 5. The van der Waals surface area contributed by atoms with Crippen LogP contribution in [0, 0.1) is 0 Å². The lowest BCUT2D eigenvalue weighted by atomic mass is 10.3. The molecule has 4 aromatic rings. The van der Waals surface area contributed by atoms with Gasteiger partial charge in [0.15, 0.2) is 0 Å². The first-order valence-corrected chi connectivity index (χ1v) is 11.1. The molecular formula is C20H12Cl3N4O2S-. The third kappa shape index (κ3) is 4.29. The van der Waals surface area contributed by atoms with Crippen LogP contribution in [0.5, 0.6) is 0 Å². The van der Waals surface area contributed by atoms with Crippen LogP contribution in [-0.4, -0.2) is 18.4 Å². The lowest BCUT2D eigenvalue weighted by Gasteiger charge is -2.22. The maximum Gasteiger partial charge on any atom is 0.204 e. The average molecular weight is 479 g/mol. The van der Waals surface area contributed by atoms with Crippen molar-refractivity contribution >= 4 is 73.2 Å². The van der Waals surface area contributed by atoms with Gasteiger partial charge < -0.3 is 15.0 Å². The van der Waals surface area contributed by atoms with E-state index in [4.69, 9.17) is 34.8 Å². The summed E-state index contributed by atoms with van der Waals surface area (Å²) < 4.78 is 29.8. The molecule has 0 amide bonds.